The molecular formula is C27H26F3NO5S. The van der Waals surface area contributed by atoms with Crippen LogP contribution in [0.3, 0.4) is 0 Å². The van der Waals surface area contributed by atoms with Crippen LogP contribution in [0.25, 0.3) is 6.08 Å². The predicted molar refractivity (Wildman–Crippen MR) is 135 cm³/mol. The van der Waals surface area contributed by atoms with Crippen LogP contribution in [-0.4, -0.2) is 26.0 Å². The number of hydrogen-bond donors (Lipinski definition) is 1. The van der Waals surface area contributed by atoms with E-state index in [1.807, 2.05) is 0 Å². The van der Waals surface area contributed by atoms with Crippen LogP contribution in [0.15, 0.2) is 83.8 Å². The Labute approximate surface area is 213 Å². The predicted octanol–water partition coefficient (Wildman–Crippen LogP) is 6.23. The van der Waals surface area contributed by atoms with Crippen LogP contribution >= 0.6 is 0 Å². The lowest BCUT2D eigenvalue weighted by atomic mass is 10.1. The van der Waals surface area contributed by atoms with E-state index in [4.69, 9.17) is 9.84 Å². The van der Waals surface area contributed by atoms with Gasteiger partial charge in [0.05, 0.1) is 16.1 Å². The van der Waals surface area contributed by atoms with E-state index in [1.165, 1.54) is 18.2 Å². The number of rotatable bonds is 10. The molecule has 10 heteroatoms. The van der Waals surface area contributed by atoms with E-state index >= 15 is 0 Å². The summed E-state index contributed by atoms with van der Waals surface area (Å²) in [5, 5.41) is 8.74. The molecular weight excluding hydrogens is 507 g/mol. The lowest BCUT2D eigenvalue weighted by molar-refractivity contribution is -0.137. The fourth-order valence-electron chi connectivity index (χ4n) is 3.44. The van der Waals surface area contributed by atoms with Gasteiger partial charge in [0.25, 0.3) is 10.0 Å². The maximum absolute atomic E-state index is 13.5. The largest absolute Gasteiger partial charge is 0.487 e. The molecule has 3 aromatic rings. The van der Waals surface area contributed by atoms with Gasteiger partial charge in [0.1, 0.15) is 12.4 Å². The zero-order valence-corrected chi connectivity index (χ0v) is 21.0. The van der Waals surface area contributed by atoms with Crippen LogP contribution in [0.4, 0.5) is 18.9 Å². The lowest BCUT2D eigenvalue weighted by Gasteiger charge is -2.28. The molecule has 0 saturated carbocycles. The summed E-state index contributed by atoms with van der Waals surface area (Å²) in [4.78, 5) is 10.7. The first-order valence-electron chi connectivity index (χ1n) is 11.3. The average molecular weight is 534 g/mol. The fraction of sp³-hybridized carbons (Fsp3) is 0.222. The molecule has 3 rings (SSSR count). The number of carboxylic acids is 1. The molecule has 0 bridgehead atoms. The van der Waals surface area contributed by atoms with Crippen molar-refractivity contribution in [1.29, 1.82) is 0 Å². The van der Waals surface area contributed by atoms with E-state index in [0.717, 1.165) is 28.6 Å². The van der Waals surface area contributed by atoms with Crippen molar-refractivity contribution in [3.8, 4) is 5.75 Å². The van der Waals surface area contributed by atoms with E-state index < -0.39 is 27.7 Å². The summed E-state index contributed by atoms with van der Waals surface area (Å²) >= 11 is 0. The molecule has 6 nitrogen and oxygen atoms in total. The Hall–Kier alpha value is -3.79. The number of anilines is 1. The molecule has 0 radical (unpaired) electrons. The van der Waals surface area contributed by atoms with E-state index in [0.29, 0.717) is 11.1 Å². The van der Waals surface area contributed by atoms with Crippen molar-refractivity contribution in [2.24, 2.45) is 5.92 Å². The molecule has 1 N–H and O–H groups in total. The summed E-state index contributed by atoms with van der Waals surface area (Å²) in [6.07, 6.45) is -2.27. The van der Waals surface area contributed by atoms with Gasteiger partial charge in [0, 0.05) is 12.6 Å². The first-order chi connectivity index (χ1) is 17.4. The summed E-state index contributed by atoms with van der Waals surface area (Å²) in [5.74, 6) is -1.47. The molecule has 0 saturated heterocycles. The lowest BCUT2D eigenvalue weighted by Crippen LogP contribution is -2.34. The monoisotopic (exact) mass is 533 g/mol. The second-order valence-corrected chi connectivity index (χ2v) is 10.5. The van der Waals surface area contributed by atoms with Gasteiger partial charge in [0.2, 0.25) is 0 Å². The minimum atomic E-state index is -4.66. The van der Waals surface area contributed by atoms with Crippen molar-refractivity contribution < 1.29 is 36.2 Å². The molecule has 0 aromatic heterocycles. The number of carbonyl (C=O) groups is 1. The summed E-state index contributed by atoms with van der Waals surface area (Å²) in [6.45, 7) is 3.48. The van der Waals surface area contributed by atoms with Crippen LogP contribution in [0.1, 0.15) is 30.5 Å². The average Bonchev–Trinajstić information content (AvgIpc) is 2.85. The molecule has 0 atom stereocenters. The molecule has 3 aromatic carbocycles. The Morgan fingerprint density at radius 2 is 1.68 bits per heavy atom. The maximum Gasteiger partial charge on any atom is 0.416 e. The van der Waals surface area contributed by atoms with Crippen molar-refractivity contribution >= 4 is 27.8 Å². The maximum atomic E-state index is 13.5. The molecule has 0 spiro atoms. The van der Waals surface area contributed by atoms with Crippen molar-refractivity contribution in [2.75, 3.05) is 10.8 Å². The highest BCUT2D eigenvalue weighted by atomic mass is 32.2. The first-order valence-corrected chi connectivity index (χ1v) is 12.7. The van der Waals surface area contributed by atoms with Gasteiger partial charge in [0.15, 0.2) is 0 Å². The summed E-state index contributed by atoms with van der Waals surface area (Å²) < 4.78 is 74.4. The molecule has 37 heavy (non-hydrogen) atoms. The number of hydrogen-bond acceptors (Lipinski definition) is 4. The van der Waals surface area contributed by atoms with Gasteiger partial charge in [-0.1, -0.05) is 56.3 Å². The van der Waals surface area contributed by atoms with Gasteiger partial charge in [-0.25, -0.2) is 13.2 Å². The summed E-state index contributed by atoms with van der Waals surface area (Å²) in [7, 11) is -4.11. The zero-order valence-electron chi connectivity index (χ0n) is 20.1. The Morgan fingerprint density at radius 1 is 1.03 bits per heavy atom. The minimum Gasteiger partial charge on any atom is -0.487 e. The normalized spacial score (nSPS) is 12.2. The Bertz CT molecular complexity index is 1350. The zero-order chi connectivity index (χ0) is 27.2. The third-order valence-electron chi connectivity index (χ3n) is 5.21. The van der Waals surface area contributed by atoms with Crippen molar-refractivity contribution in [1.82, 2.24) is 0 Å². The Kier molecular flexibility index (Phi) is 8.65. The third kappa shape index (κ3) is 7.36. The number of benzene rings is 3. The molecule has 196 valence electrons. The number of nitrogens with zero attached hydrogens (tertiary/aromatic N) is 1. The highest BCUT2D eigenvalue weighted by molar-refractivity contribution is 7.92. The van der Waals surface area contributed by atoms with Crippen LogP contribution in [-0.2, 0) is 27.6 Å². The van der Waals surface area contributed by atoms with E-state index in [9.17, 15) is 26.4 Å². The van der Waals surface area contributed by atoms with Gasteiger partial charge >= 0.3 is 12.1 Å². The number of carboxylic acid groups (broad SMARTS) is 1. The number of ether oxygens (including phenoxy) is 1. The van der Waals surface area contributed by atoms with Crippen LogP contribution < -0.4 is 9.04 Å². The van der Waals surface area contributed by atoms with Gasteiger partial charge in [-0.05, 0) is 53.5 Å². The number of alkyl halides is 3. The number of sulfonamides is 1. The van der Waals surface area contributed by atoms with Crippen LogP contribution in [0.2, 0.25) is 0 Å². The SMILES string of the molecule is CC(C)CN(c1ccc(C(F)(F)F)cc1OCc1ccc(C=CC(=O)O)cc1)S(=O)(=O)c1ccccc1. The molecule has 0 fully saturated rings. The Balaban J connectivity index is 2.01. The van der Waals surface area contributed by atoms with Crippen LogP contribution in [0.5, 0.6) is 5.75 Å². The van der Waals surface area contributed by atoms with Gasteiger partial charge in [-0.2, -0.15) is 13.2 Å². The van der Waals surface area contributed by atoms with Crippen LogP contribution in [0, 0.1) is 5.92 Å². The highest BCUT2D eigenvalue weighted by Crippen LogP contribution is 2.39. The molecule has 0 unspecified atom stereocenters. The summed E-state index contributed by atoms with van der Waals surface area (Å²) in [6, 6.07) is 16.9. The van der Waals surface area contributed by atoms with Crippen molar-refractivity contribution in [3.05, 3.63) is 95.6 Å². The fourth-order valence-corrected chi connectivity index (χ4v) is 5.10. The van der Waals surface area contributed by atoms with Gasteiger partial charge < -0.3 is 9.84 Å². The quantitative estimate of drug-likeness (QED) is 0.312. The first kappa shape index (κ1) is 27.8. The van der Waals surface area contributed by atoms with Gasteiger partial charge in [-0.15, -0.1) is 0 Å². The van der Waals surface area contributed by atoms with E-state index in [2.05, 4.69) is 0 Å². The molecule has 0 heterocycles. The topological polar surface area (TPSA) is 83.9 Å². The van der Waals surface area contributed by atoms with E-state index in [-0.39, 0.29) is 35.4 Å². The summed E-state index contributed by atoms with van der Waals surface area (Å²) in [5.41, 5.74) is 0.230. The number of aliphatic carboxylic acids is 1. The third-order valence-corrected chi connectivity index (χ3v) is 7.00. The smallest absolute Gasteiger partial charge is 0.416 e. The second-order valence-electron chi connectivity index (χ2n) is 8.63. The molecule has 0 amide bonds. The van der Waals surface area contributed by atoms with E-state index in [1.54, 1.807) is 56.3 Å². The number of halogens is 3. The van der Waals surface area contributed by atoms with Crippen molar-refractivity contribution in [3.63, 3.8) is 0 Å². The van der Waals surface area contributed by atoms with Gasteiger partial charge in [-0.3, -0.25) is 4.31 Å². The standard InChI is InChI=1S/C27H26F3NO5S/c1-19(2)17-31(37(34,35)23-6-4-3-5-7-23)24-14-13-22(27(28,29)30)16-25(24)36-18-21-10-8-20(9-11-21)12-15-26(32)33/h3-16,19H,17-18H2,1-2H3,(H,32,33). The molecule has 0 aliphatic rings. The Morgan fingerprint density at radius 3 is 2.24 bits per heavy atom. The molecule has 0 aliphatic carbocycles. The highest BCUT2D eigenvalue weighted by Gasteiger charge is 2.34. The second kappa shape index (κ2) is 11.5. The molecule has 0 aliphatic heterocycles. The minimum absolute atomic E-state index is 0.00602. The van der Waals surface area contributed by atoms with Crippen molar-refractivity contribution in [2.45, 2.75) is 31.5 Å².